The third kappa shape index (κ3) is 5.86. The fraction of sp³-hybridized carbons (Fsp3) is 0.600. The van der Waals surface area contributed by atoms with Crippen LogP contribution in [0.1, 0.15) is 18.5 Å². The van der Waals surface area contributed by atoms with Crippen molar-refractivity contribution in [1.29, 1.82) is 0 Å². The maximum Gasteiger partial charge on any atom is 0.165 e. The average molecular weight is 284 g/mol. The van der Waals surface area contributed by atoms with E-state index < -0.39 is 0 Å². The number of nitrogens with one attached hydrogen (secondary N) is 1. The van der Waals surface area contributed by atoms with Crippen molar-refractivity contribution in [2.75, 3.05) is 47.5 Å². The summed E-state index contributed by atoms with van der Waals surface area (Å²) in [5, 5.41) is 3.31. The molecule has 0 heterocycles. The number of benzene rings is 1. The van der Waals surface area contributed by atoms with Crippen molar-refractivity contribution >= 4 is 0 Å². The molecule has 4 nitrogen and oxygen atoms in total. The Labute approximate surface area is 120 Å². The van der Waals surface area contributed by atoms with E-state index in [1.165, 1.54) is 13.2 Å². The summed E-state index contributed by atoms with van der Waals surface area (Å²) in [6, 6.07) is 5.10. The zero-order valence-electron chi connectivity index (χ0n) is 12.8. The number of hydrogen-bond donors (Lipinski definition) is 1. The number of halogens is 1. The molecule has 0 aliphatic carbocycles. The van der Waals surface area contributed by atoms with E-state index in [0.717, 1.165) is 25.3 Å². The van der Waals surface area contributed by atoms with Gasteiger partial charge in [0, 0.05) is 19.1 Å². The zero-order chi connectivity index (χ0) is 15.0. The second kappa shape index (κ2) is 8.89. The minimum absolute atomic E-state index is 0.0767. The van der Waals surface area contributed by atoms with Gasteiger partial charge in [0.05, 0.1) is 20.3 Å². The lowest BCUT2D eigenvalue weighted by Crippen LogP contribution is -2.25. The lowest BCUT2D eigenvalue weighted by molar-refractivity contribution is 0.118. The topological polar surface area (TPSA) is 33.7 Å². The maximum atomic E-state index is 13.6. The molecule has 1 N–H and O–H groups in total. The molecular weight excluding hydrogens is 259 g/mol. The van der Waals surface area contributed by atoms with E-state index in [2.05, 4.69) is 10.2 Å². The van der Waals surface area contributed by atoms with Crippen LogP contribution in [-0.2, 0) is 4.74 Å². The number of hydrogen-bond acceptors (Lipinski definition) is 4. The van der Waals surface area contributed by atoms with E-state index in [0.29, 0.717) is 6.61 Å². The van der Waals surface area contributed by atoms with Gasteiger partial charge in [-0.2, -0.15) is 0 Å². The molecule has 0 radical (unpaired) electrons. The van der Waals surface area contributed by atoms with Gasteiger partial charge in [0.25, 0.3) is 0 Å². The molecule has 1 aromatic rings. The second-order valence-electron chi connectivity index (χ2n) is 4.99. The van der Waals surface area contributed by atoms with Gasteiger partial charge in [-0.25, -0.2) is 4.39 Å². The van der Waals surface area contributed by atoms with Crippen molar-refractivity contribution in [3.63, 3.8) is 0 Å². The predicted octanol–water partition coefficient (Wildman–Crippen LogP) is 2.06. The van der Waals surface area contributed by atoms with Crippen LogP contribution in [0.25, 0.3) is 0 Å². The summed E-state index contributed by atoms with van der Waals surface area (Å²) in [5.74, 6) is -0.0612. The van der Waals surface area contributed by atoms with Crippen molar-refractivity contribution in [3.8, 4) is 5.75 Å². The Morgan fingerprint density at radius 3 is 2.65 bits per heavy atom. The number of nitrogens with zero attached hydrogens (tertiary/aromatic N) is 1. The van der Waals surface area contributed by atoms with Crippen LogP contribution in [0.4, 0.5) is 4.39 Å². The first-order valence-corrected chi connectivity index (χ1v) is 6.84. The van der Waals surface area contributed by atoms with E-state index in [1.807, 2.05) is 27.1 Å². The van der Waals surface area contributed by atoms with Crippen molar-refractivity contribution < 1.29 is 13.9 Å². The summed E-state index contributed by atoms with van der Waals surface area (Å²) in [4.78, 5) is 2.08. The molecular formula is C15H25FN2O2. The highest BCUT2D eigenvalue weighted by molar-refractivity contribution is 5.30. The molecule has 0 aliphatic heterocycles. The third-order valence-corrected chi connectivity index (χ3v) is 3.06. The maximum absolute atomic E-state index is 13.6. The van der Waals surface area contributed by atoms with Crippen LogP contribution in [0.3, 0.4) is 0 Å². The Kier molecular flexibility index (Phi) is 7.51. The van der Waals surface area contributed by atoms with Gasteiger partial charge in [0.15, 0.2) is 11.6 Å². The zero-order valence-corrected chi connectivity index (χ0v) is 12.8. The van der Waals surface area contributed by atoms with Crippen LogP contribution in [0.2, 0.25) is 0 Å². The van der Waals surface area contributed by atoms with Gasteiger partial charge in [0.2, 0.25) is 0 Å². The van der Waals surface area contributed by atoms with Crippen molar-refractivity contribution in [2.24, 2.45) is 0 Å². The first-order valence-electron chi connectivity index (χ1n) is 6.84. The first kappa shape index (κ1) is 16.9. The Morgan fingerprint density at radius 1 is 1.30 bits per heavy atom. The molecule has 1 atom stereocenters. The molecule has 1 aromatic carbocycles. The van der Waals surface area contributed by atoms with Gasteiger partial charge >= 0.3 is 0 Å². The van der Waals surface area contributed by atoms with E-state index in [-0.39, 0.29) is 17.6 Å². The van der Waals surface area contributed by atoms with Gasteiger partial charge in [-0.15, -0.1) is 0 Å². The summed E-state index contributed by atoms with van der Waals surface area (Å²) < 4.78 is 24.0. The lowest BCUT2D eigenvalue weighted by atomic mass is 10.1. The smallest absolute Gasteiger partial charge is 0.165 e. The Hall–Kier alpha value is -1.17. The van der Waals surface area contributed by atoms with Crippen LogP contribution in [-0.4, -0.2) is 52.4 Å². The summed E-state index contributed by atoms with van der Waals surface area (Å²) in [7, 11) is 5.49. The Bertz CT molecular complexity index is 399. The van der Waals surface area contributed by atoms with Gasteiger partial charge in [-0.3, -0.25) is 0 Å². The molecule has 0 saturated carbocycles. The fourth-order valence-electron chi connectivity index (χ4n) is 1.77. The molecule has 20 heavy (non-hydrogen) atoms. The number of rotatable bonds is 9. The van der Waals surface area contributed by atoms with E-state index in [1.54, 1.807) is 6.07 Å². The Morgan fingerprint density at radius 2 is 2.05 bits per heavy atom. The summed E-state index contributed by atoms with van der Waals surface area (Å²) in [6.07, 6.45) is 0. The van der Waals surface area contributed by atoms with Gasteiger partial charge < -0.3 is 19.7 Å². The number of ether oxygens (including phenoxy) is 2. The van der Waals surface area contributed by atoms with E-state index in [9.17, 15) is 4.39 Å². The fourth-order valence-corrected chi connectivity index (χ4v) is 1.77. The van der Waals surface area contributed by atoms with Crippen LogP contribution >= 0.6 is 0 Å². The summed E-state index contributed by atoms with van der Waals surface area (Å²) in [6.45, 7) is 5.03. The van der Waals surface area contributed by atoms with Gasteiger partial charge in [0.1, 0.15) is 0 Å². The molecule has 0 bridgehead atoms. The van der Waals surface area contributed by atoms with Crippen LogP contribution in [0, 0.1) is 5.82 Å². The largest absolute Gasteiger partial charge is 0.494 e. The molecule has 114 valence electrons. The third-order valence-electron chi connectivity index (χ3n) is 3.06. The number of methoxy groups -OCH3 is 1. The molecule has 0 fully saturated rings. The monoisotopic (exact) mass is 284 g/mol. The molecule has 0 amide bonds. The quantitative estimate of drug-likeness (QED) is 0.704. The van der Waals surface area contributed by atoms with Crippen LogP contribution < -0.4 is 10.1 Å². The highest BCUT2D eigenvalue weighted by Gasteiger charge is 2.08. The SMILES string of the molecule is COc1ccc(C(C)NCCOCCN(C)C)cc1F. The van der Waals surface area contributed by atoms with Gasteiger partial charge in [-0.05, 0) is 38.7 Å². The molecule has 0 aromatic heterocycles. The minimum atomic E-state index is -0.333. The van der Waals surface area contributed by atoms with Crippen molar-refractivity contribution in [1.82, 2.24) is 10.2 Å². The normalized spacial score (nSPS) is 12.7. The lowest BCUT2D eigenvalue weighted by Gasteiger charge is -2.15. The molecule has 1 unspecified atom stereocenters. The predicted molar refractivity (Wildman–Crippen MR) is 78.7 cm³/mol. The molecule has 1 rings (SSSR count). The van der Waals surface area contributed by atoms with Crippen LogP contribution in [0.5, 0.6) is 5.75 Å². The second-order valence-corrected chi connectivity index (χ2v) is 4.99. The Balaban J connectivity index is 2.29. The van der Waals surface area contributed by atoms with E-state index in [4.69, 9.17) is 9.47 Å². The molecule has 0 spiro atoms. The summed E-state index contributed by atoms with van der Waals surface area (Å²) >= 11 is 0. The van der Waals surface area contributed by atoms with Crippen molar-refractivity contribution in [2.45, 2.75) is 13.0 Å². The van der Waals surface area contributed by atoms with Crippen molar-refractivity contribution in [3.05, 3.63) is 29.6 Å². The molecule has 5 heteroatoms. The molecule has 0 saturated heterocycles. The highest BCUT2D eigenvalue weighted by Crippen LogP contribution is 2.21. The first-order chi connectivity index (χ1) is 9.54. The molecule has 0 aliphatic rings. The average Bonchev–Trinajstić information content (AvgIpc) is 2.42. The minimum Gasteiger partial charge on any atom is -0.494 e. The number of likely N-dealkylation sites (N-methyl/N-ethyl adjacent to an activating group) is 1. The highest BCUT2D eigenvalue weighted by atomic mass is 19.1. The van der Waals surface area contributed by atoms with E-state index >= 15 is 0 Å². The summed E-state index contributed by atoms with van der Waals surface area (Å²) in [5.41, 5.74) is 0.900. The standard InChI is InChI=1S/C15H25FN2O2/c1-12(17-7-9-20-10-8-18(2)3)13-5-6-15(19-4)14(16)11-13/h5-6,11-12,17H,7-10H2,1-4H3. The van der Waals surface area contributed by atoms with Crippen LogP contribution in [0.15, 0.2) is 18.2 Å². The van der Waals surface area contributed by atoms with Gasteiger partial charge in [-0.1, -0.05) is 6.07 Å².